The smallest absolute Gasteiger partial charge is 0.410 e. The summed E-state index contributed by atoms with van der Waals surface area (Å²) in [5, 5.41) is 8.93. The highest BCUT2D eigenvalue weighted by molar-refractivity contribution is 5.96. The van der Waals surface area contributed by atoms with Crippen molar-refractivity contribution in [2.45, 2.75) is 85.4 Å². The highest BCUT2D eigenvalue weighted by atomic mass is 16.6. The summed E-state index contributed by atoms with van der Waals surface area (Å²) in [6.07, 6.45) is 4.61. The van der Waals surface area contributed by atoms with Crippen molar-refractivity contribution in [2.24, 2.45) is 5.92 Å². The molecule has 3 amide bonds. The molecule has 0 N–H and O–H groups in total. The minimum atomic E-state index is -0.180. The predicted octanol–water partition coefficient (Wildman–Crippen LogP) is 7.99. The normalized spacial score (nSPS) is 14.0. The van der Waals surface area contributed by atoms with Gasteiger partial charge in [-0.2, -0.15) is 5.26 Å². The van der Waals surface area contributed by atoms with Crippen LogP contribution in [-0.4, -0.2) is 87.2 Å². The number of nitriles is 1. The number of likely N-dealkylation sites (tertiary alicyclic amines) is 2. The number of amides is 3. The van der Waals surface area contributed by atoms with E-state index < -0.39 is 0 Å². The average molecular weight is 757 g/mol. The molecule has 5 rings (SSSR count). The number of benzene rings is 3. The quantitative estimate of drug-likeness (QED) is 0.221. The molecule has 2 heterocycles. The molecule has 0 saturated carbocycles. The van der Waals surface area contributed by atoms with Crippen LogP contribution in [0.1, 0.15) is 98.8 Å². The number of methoxy groups -OCH3 is 1. The fraction of sp³-hybridized carbons (Fsp3) is 0.455. The zero-order valence-electron chi connectivity index (χ0n) is 33.8. The van der Waals surface area contributed by atoms with Crippen molar-refractivity contribution in [3.05, 3.63) is 101 Å². The van der Waals surface area contributed by atoms with E-state index in [4.69, 9.17) is 24.3 Å². The largest absolute Gasteiger partial charge is 0.445 e. The van der Waals surface area contributed by atoms with Crippen LogP contribution in [0.4, 0.5) is 10.5 Å². The maximum absolute atomic E-state index is 13.0. The van der Waals surface area contributed by atoms with Crippen LogP contribution in [0.2, 0.25) is 0 Å². The molecule has 11 nitrogen and oxygen atoms in total. The lowest BCUT2D eigenvalue weighted by atomic mass is 9.89. The van der Waals surface area contributed by atoms with Crippen LogP contribution in [0.25, 0.3) is 0 Å². The van der Waals surface area contributed by atoms with Gasteiger partial charge in [-0.25, -0.2) is 4.79 Å². The second-order valence-electron chi connectivity index (χ2n) is 14.2. The van der Waals surface area contributed by atoms with E-state index >= 15 is 0 Å². The van der Waals surface area contributed by atoms with Gasteiger partial charge >= 0.3 is 6.09 Å². The Balaban J connectivity index is 0.000000474. The van der Waals surface area contributed by atoms with Crippen LogP contribution in [0.3, 0.4) is 0 Å². The summed E-state index contributed by atoms with van der Waals surface area (Å²) >= 11 is 0. The SMILES string of the molecule is C=O.C=O.CC1CCN(C(=O)OCc2ccccc2)CC1.CCN(C=O)c1cc(C(=O)N2CCC(c3ccc(C#N)cc3)CC2)ccc1C.COC(C)(C)C. The number of rotatable bonds is 7. The number of aryl methyl sites for hydroxylation is 1. The summed E-state index contributed by atoms with van der Waals surface area (Å²) in [5.74, 6) is 1.16. The van der Waals surface area contributed by atoms with Crippen LogP contribution >= 0.6 is 0 Å². The molecular formula is C44H60N4O7. The number of carbonyl (C=O) groups is 5. The van der Waals surface area contributed by atoms with Gasteiger partial charge in [0.05, 0.1) is 17.2 Å². The average Bonchev–Trinajstić information content (AvgIpc) is 3.23. The standard InChI is InChI=1S/C23H25N3O2.C14H19NO2.C5H12O.2CH2O/c1-3-25(16-27)22-14-21(7-4-17(22)2)23(28)26-12-10-20(11-13-26)19-8-5-18(15-24)6-9-19;1-12-7-9-15(10-8-12)14(16)17-11-13-5-3-2-4-6-13;1-5(2,3)6-4;2*1-2/h4-9,14,16,20H,3,10-13H2,1-2H3;2-6,12H,7-11H2,1H3;1-4H3;2*1H2. The van der Waals surface area contributed by atoms with Gasteiger partial charge in [-0.3, -0.25) is 9.59 Å². The predicted molar refractivity (Wildman–Crippen MR) is 217 cm³/mol. The van der Waals surface area contributed by atoms with E-state index in [0.29, 0.717) is 43.3 Å². The third kappa shape index (κ3) is 16.7. The summed E-state index contributed by atoms with van der Waals surface area (Å²) in [6, 6.07) is 25.2. The first-order valence-electron chi connectivity index (χ1n) is 18.6. The second-order valence-corrected chi connectivity index (χ2v) is 14.2. The first kappa shape index (κ1) is 47.7. The molecule has 0 aliphatic carbocycles. The molecule has 2 fully saturated rings. The van der Waals surface area contributed by atoms with Gasteiger partial charge in [-0.1, -0.05) is 55.5 Å². The third-order valence-electron chi connectivity index (χ3n) is 9.39. The van der Waals surface area contributed by atoms with Gasteiger partial charge in [-0.05, 0) is 113 Å². The van der Waals surface area contributed by atoms with Crippen molar-refractivity contribution < 1.29 is 33.4 Å². The Hall–Kier alpha value is -5.34. The number of carbonyl (C=O) groups excluding carboxylic acids is 5. The molecule has 2 aliphatic heterocycles. The summed E-state index contributed by atoms with van der Waals surface area (Å²) in [5.41, 5.74) is 5.36. The third-order valence-corrected chi connectivity index (χ3v) is 9.39. The molecule has 11 heteroatoms. The van der Waals surface area contributed by atoms with Crippen LogP contribution in [-0.2, 0) is 30.5 Å². The lowest BCUT2D eigenvalue weighted by molar-refractivity contribution is -0.107. The van der Waals surface area contributed by atoms with Gasteiger partial charge in [0, 0.05) is 51.1 Å². The van der Waals surface area contributed by atoms with E-state index in [2.05, 4.69) is 13.0 Å². The fourth-order valence-corrected chi connectivity index (χ4v) is 5.78. The molecule has 0 unspecified atom stereocenters. The van der Waals surface area contributed by atoms with E-state index in [1.165, 1.54) is 5.56 Å². The van der Waals surface area contributed by atoms with Crippen LogP contribution < -0.4 is 4.90 Å². The van der Waals surface area contributed by atoms with Crippen LogP contribution in [0.5, 0.6) is 0 Å². The van der Waals surface area contributed by atoms with Crippen LogP contribution in [0, 0.1) is 24.2 Å². The molecule has 0 radical (unpaired) electrons. The highest BCUT2D eigenvalue weighted by Crippen LogP contribution is 2.30. The number of ether oxygens (including phenoxy) is 2. The van der Waals surface area contributed by atoms with E-state index in [-0.39, 0.29) is 17.6 Å². The Bertz CT molecular complexity index is 1600. The van der Waals surface area contributed by atoms with Crippen LogP contribution in [0.15, 0.2) is 72.8 Å². The molecule has 2 saturated heterocycles. The lowest BCUT2D eigenvalue weighted by Crippen LogP contribution is -2.38. The van der Waals surface area contributed by atoms with Gasteiger partial charge < -0.3 is 33.8 Å². The molecule has 298 valence electrons. The van der Waals surface area contributed by atoms with Crippen molar-refractivity contribution in [3.63, 3.8) is 0 Å². The van der Waals surface area contributed by atoms with Gasteiger partial charge in [0.2, 0.25) is 6.41 Å². The maximum atomic E-state index is 13.0. The Kier molecular flexibility index (Phi) is 22.2. The molecule has 3 aromatic carbocycles. The zero-order valence-corrected chi connectivity index (χ0v) is 33.8. The Morgan fingerprint density at radius 2 is 1.44 bits per heavy atom. The van der Waals surface area contributed by atoms with Crippen molar-refractivity contribution >= 4 is 37.7 Å². The minimum Gasteiger partial charge on any atom is -0.445 e. The van der Waals surface area contributed by atoms with E-state index in [1.807, 2.05) is 131 Å². The lowest BCUT2D eigenvalue weighted by Gasteiger charge is -2.32. The number of hydrogen-bond acceptors (Lipinski definition) is 8. The Morgan fingerprint density at radius 3 is 1.93 bits per heavy atom. The van der Waals surface area contributed by atoms with Crippen molar-refractivity contribution in [2.75, 3.05) is 44.7 Å². The van der Waals surface area contributed by atoms with Gasteiger partial charge in [0.1, 0.15) is 20.2 Å². The summed E-state index contributed by atoms with van der Waals surface area (Å²) in [7, 11) is 1.71. The van der Waals surface area contributed by atoms with Crippen molar-refractivity contribution in [3.8, 4) is 6.07 Å². The van der Waals surface area contributed by atoms with Gasteiger partial charge in [-0.15, -0.1) is 0 Å². The Morgan fingerprint density at radius 1 is 0.891 bits per heavy atom. The summed E-state index contributed by atoms with van der Waals surface area (Å²) in [4.78, 5) is 57.4. The fourth-order valence-electron chi connectivity index (χ4n) is 5.78. The van der Waals surface area contributed by atoms with E-state index in [0.717, 1.165) is 67.9 Å². The number of piperidine rings is 2. The molecule has 0 spiro atoms. The Labute approximate surface area is 328 Å². The molecule has 2 aliphatic rings. The summed E-state index contributed by atoms with van der Waals surface area (Å²) < 4.78 is 10.2. The molecule has 3 aromatic rings. The zero-order chi connectivity index (χ0) is 41.4. The number of hydrogen-bond donors (Lipinski definition) is 0. The number of anilines is 1. The maximum Gasteiger partial charge on any atom is 0.410 e. The second kappa shape index (κ2) is 25.6. The van der Waals surface area contributed by atoms with Crippen molar-refractivity contribution in [1.29, 1.82) is 5.26 Å². The topological polar surface area (TPSA) is 137 Å². The molecule has 0 atom stereocenters. The van der Waals surface area contributed by atoms with E-state index in [1.54, 1.807) is 12.0 Å². The molecule has 55 heavy (non-hydrogen) atoms. The molecular weight excluding hydrogens is 697 g/mol. The van der Waals surface area contributed by atoms with Crippen molar-refractivity contribution in [1.82, 2.24) is 9.80 Å². The van der Waals surface area contributed by atoms with E-state index in [9.17, 15) is 14.4 Å². The summed E-state index contributed by atoms with van der Waals surface area (Å²) in [6.45, 7) is 20.2. The van der Waals surface area contributed by atoms with Gasteiger partial charge in [0.15, 0.2) is 0 Å². The molecule has 0 bridgehead atoms. The monoisotopic (exact) mass is 756 g/mol. The minimum absolute atomic E-state index is 0.0153. The number of nitrogens with zero attached hydrogens (tertiary/aromatic N) is 4. The first-order valence-corrected chi connectivity index (χ1v) is 18.6. The van der Waals surface area contributed by atoms with Gasteiger partial charge in [0.25, 0.3) is 5.91 Å². The first-order chi connectivity index (χ1) is 26.4. The highest BCUT2D eigenvalue weighted by Gasteiger charge is 2.25. The molecule has 0 aromatic heterocycles.